The summed E-state index contributed by atoms with van der Waals surface area (Å²) >= 11 is 3.32. The number of esters is 1. The van der Waals surface area contributed by atoms with Crippen molar-refractivity contribution in [3.8, 4) is 12.1 Å². The molecule has 2 rings (SSSR count). The first-order chi connectivity index (χ1) is 10.6. The fourth-order valence-electron chi connectivity index (χ4n) is 1.40. The molecule has 0 atom stereocenters. The van der Waals surface area contributed by atoms with E-state index in [0.717, 1.165) is 10.0 Å². The van der Waals surface area contributed by atoms with Gasteiger partial charge >= 0.3 is 5.97 Å². The van der Waals surface area contributed by atoms with Crippen molar-refractivity contribution in [3.05, 3.63) is 33.8 Å². The number of rotatable bonds is 2. The number of cyclic esters (lactones) is 1. The Hall–Kier alpha value is -2.25. The number of hydrogen-bond acceptors (Lipinski definition) is 6. The number of hydrogen-bond donors (Lipinski definition) is 0. The highest BCUT2D eigenvalue weighted by Gasteiger charge is 2.20. The molecule has 1 aliphatic rings. The number of benzene rings is 1. The lowest BCUT2D eigenvalue weighted by Crippen LogP contribution is -2.17. The first-order valence-corrected chi connectivity index (χ1v) is 7.61. The zero-order valence-electron chi connectivity index (χ0n) is 13.4. The maximum atomic E-state index is 10.9. The van der Waals surface area contributed by atoms with Gasteiger partial charge in [-0.1, -0.05) is 15.9 Å². The van der Waals surface area contributed by atoms with Crippen LogP contribution in [-0.2, 0) is 11.3 Å². The van der Waals surface area contributed by atoms with Crippen LogP contribution in [0.4, 0.5) is 0 Å². The van der Waals surface area contributed by atoms with Crippen LogP contribution < -0.4 is 0 Å². The van der Waals surface area contributed by atoms with Gasteiger partial charge in [-0.3, -0.25) is 0 Å². The average molecular weight is 377 g/mol. The van der Waals surface area contributed by atoms with E-state index < -0.39 is 11.1 Å². The molecule has 1 aromatic rings. The summed E-state index contributed by atoms with van der Waals surface area (Å²) in [5, 5.41) is 24.7. The molecule has 1 aromatic carbocycles. The second kappa shape index (κ2) is 7.34. The molecule has 0 bridgehead atoms. The van der Waals surface area contributed by atoms with Gasteiger partial charge in [0.1, 0.15) is 6.61 Å². The Morgan fingerprint density at radius 2 is 1.65 bits per heavy atom. The van der Waals surface area contributed by atoms with Gasteiger partial charge in [-0.25, -0.2) is 4.79 Å². The van der Waals surface area contributed by atoms with Crippen LogP contribution in [0.25, 0.3) is 0 Å². The fourth-order valence-corrected chi connectivity index (χ4v) is 1.81. The molecular weight excluding hydrogens is 360 g/mol. The number of carbonyl (C=O) groups is 1. The quantitative estimate of drug-likeness (QED) is 0.571. The molecule has 120 valence electrons. The summed E-state index contributed by atoms with van der Waals surface area (Å²) in [6.45, 7) is 6.98. The third-order valence-corrected chi connectivity index (χ3v) is 3.24. The molecule has 0 fully saturated rings. The summed E-state index contributed by atoms with van der Waals surface area (Å²) < 4.78 is 5.80. The third kappa shape index (κ3) is 5.80. The SMILES string of the molecule is CC(C)(C#N)N=NC(C)(C)C#N.O=C1OCc2cc(Br)ccc21. The number of azo groups is 1. The van der Waals surface area contributed by atoms with Gasteiger partial charge in [-0.2, -0.15) is 20.8 Å². The minimum atomic E-state index is -0.839. The van der Waals surface area contributed by atoms with Crippen molar-refractivity contribution in [1.82, 2.24) is 0 Å². The zero-order chi connectivity index (χ0) is 17.7. The minimum absolute atomic E-state index is 0.215. The number of nitrogens with zero attached hydrogens (tertiary/aromatic N) is 4. The van der Waals surface area contributed by atoms with Crippen LogP contribution in [0.5, 0.6) is 0 Å². The van der Waals surface area contributed by atoms with Crippen LogP contribution in [0.3, 0.4) is 0 Å². The first-order valence-electron chi connectivity index (χ1n) is 6.82. The van der Waals surface area contributed by atoms with E-state index in [1.54, 1.807) is 33.8 Å². The maximum Gasteiger partial charge on any atom is 0.338 e. The molecule has 1 aliphatic heterocycles. The predicted octanol–water partition coefficient (Wildman–Crippen LogP) is 4.16. The third-order valence-electron chi connectivity index (χ3n) is 2.74. The van der Waals surface area contributed by atoms with Crippen LogP contribution in [-0.4, -0.2) is 17.0 Å². The summed E-state index contributed by atoms with van der Waals surface area (Å²) in [5.74, 6) is -0.215. The first kappa shape index (κ1) is 18.8. The van der Waals surface area contributed by atoms with Gasteiger partial charge in [0.05, 0.1) is 17.7 Å². The number of nitriles is 2. The lowest BCUT2D eigenvalue weighted by molar-refractivity contribution is 0.0535. The highest BCUT2D eigenvalue weighted by Crippen LogP contribution is 2.23. The van der Waals surface area contributed by atoms with Crippen molar-refractivity contribution in [3.63, 3.8) is 0 Å². The fraction of sp³-hybridized carbons (Fsp3) is 0.438. The number of halogens is 1. The highest BCUT2D eigenvalue weighted by molar-refractivity contribution is 9.10. The van der Waals surface area contributed by atoms with Crippen molar-refractivity contribution >= 4 is 21.9 Å². The summed E-state index contributed by atoms with van der Waals surface area (Å²) in [6.07, 6.45) is 0. The Morgan fingerprint density at radius 3 is 2.13 bits per heavy atom. The molecule has 0 saturated heterocycles. The molecule has 0 aliphatic carbocycles. The highest BCUT2D eigenvalue weighted by atomic mass is 79.9. The van der Waals surface area contributed by atoms with Crippen molar-refractivity contribution in [2.24, 2.45) is 10.2 Å². The van der Waals surface area contributed by atoms with Crippen LogP contribution >= 0.6 is 15.9 Å². The van der Waals surface area contributed by atoms with E-state index in [1.165, 1.54) is 0 Å². The Bertz CT molecular complexity index is 684. The second-order valence-corrected chi connectivity index (χ2v) is 6.83. The van der Waals surface area contributed by atoms with E-state index in [1.807, 2.05) is 24.3 Å². The Kier molecular flexibility index (Phi) is 6.00. The van der Waals surface area contributed by atoms with Gasteiger partial charge in [-0.15, -0.1) is 0 Å². The Morgan fingerprint density at radius 1 is 1.13 bits per heavy atom. The Labute approximate surface area is 143 Å². The molecular formula is C16H17BrN4O2. The van der Waals surface area contributed by atoms with Gasteiger partial charge < -0.3 is 4.74 Å². The van der Waals surface area contributed by atoms with Crippen LogP contribution in [0.1, 0.15) is 43.6 Å². The molecule has 0 aromatic heterocycles. The van der Waals surface area contributed by atoms with Crippen LogP contribution in [0, 0.1) is 22.7 Å². The summed E-state index contributed by atoms with van der Waals surface area (Å²) in [7, 11) is 0. The topological polar surface area (TPSA) is 98.6 Å². The monoisotopic (exact) mass is 376 g/mol. The van der Waals surface area contributed by atoms with E-state index in [4.69, 9.17) is 15.3 Å². The van der Waals surface area contributed by atoms with Crippen molar-refractivity contribution < 1.29 is 9.53 Å². The van der Waals surface area contributed by atoms with Gasteiger partial charge in [0.25, 0.3) is 0 Å². The second-order valence-electron chi connectivity index (χ2n) is 5.92. The van der Waals surface area contributed by atoms with Crippen LogP contribution in [0.15, 0.2) is 32.9 Å². The van der Waals surface area contributed by atoms with Gasteiger partial charge in [-0.05, 0) is 45.9 Å². The van der Waals surface area contributed by atoms with E-state index in [-0.39, 0.29) is 5.97 Å². The number of carbonyl (C=O) groups excluding carboxylic acids is 1. The molecule has 0 N–H and O–H groups in total. The smallest absolute Gasteiger partial charge is 0.338 e. The van der Waals surface area contributed by atoms with E-state index in [2.05, 4.69) is 26.2 Å². The molecule has 0 unspecified atom stereocenters. The molecule has 0 saturated carbocycles. The van der Waals surface area contributed by atoms with E-state index >= 15 is 0 Å². The molecule has 23 heavy (non-hydrogen) atoms. The number of ether oxygens (including phenoxy) is 1. The average Bonchev–Trinajstić information content (AvgIpc) is 2.87. The lowest BCUT2D eigenvalue weighted by atomic mass is 10.1. The molecule has 0 radical (unpaired) electrons. The summed E-state index contributed by atoms with van der Waals surface area (Å²) in [4.78, 5) is 10.9. The van der Waals surface area contributed by atoms with Crippen molar-refractivity contribution in [1.29, 1.82) is 10.5 Å². The van der Waals surface area contributed by atoms with Gasteiger partial charge in [0.2, 0.25) is 0 Å². The Balaban J connectivity index is 0.000000230. The summed E-state index contributed by atoms with van der Waals surface area (Å²) in [5.41, 5.74) is -0.0278. The van der Waals surface area contributed by atoms with E-state index in [9.17, 15) is 4.79 Å². The largest absolute Gasteiger partial charge is 0.457 e. The molecule has 6 nitrogen and oxygen atoms in total. The van der Waals surface area contributed by atoms with Gasteiger partial charge in [0, 0.05) is 10.0 Å². The van der Waals surface area contributed by atoms with E-state index in [0.29, 0.717) is 12.2 Å². The predicted molar refractivity (Wildman–Crippen MR) is 87.5 cm³/mol. The maximum absolute atomic E-state index is 10.9. The standard InChI is InChI=1S/C8H5BrO2.C8H12N4/c9-6-1-2-7-5(3-6)4-11-8(7)10;1-7(2,5-9)11-12-8(3,4)6-10/h1-3H,4H2;1-4H3. The molecule has 7 heteroatoms. The molecule has 1 heterocycles. The van der Waals surface area contributed by atoms with Crippen molar-refractivity contribution in [2.45, 2.75) is 45.4 Å². The molecule has 0 amide bonds. The van der Waals surface area contributed by atoms with Crippen LogP contribution in [0.2, 0.25) is 0 Å². The van der Waals surface area contributed by atoms with Gasteiger partial charge in [0.15, 0.2) is 11.1 Å². The normalized spacial score (nSPS) is 13.4. The van der Waals surface area contributed by atoms with Crippen molar-refractivity contribution in [2.75, 3.05) is 0 Å². The minimum Gasteiger partial charge on any atom is -0.457 e. The number of fused-ring (bicyclic) bond motifs is 1. The lowest BCUT2D eigenvalue weighted by Gasteiger charge is -2.11. The molecule has 0 spiro atoms. The summed E-state index contributed by atoms with van der Waals surface area (Å²) in [6, 6.07) is 9.45. The zero-order valence-corrected chi connectivity index (χ0v) is 15.0.